The Balaban J connectivity index is 2.13. The van der Waals surface area contributed by atoms with Crippen LogP contribution >= 0.6 is 0 Å². The number of carbonyl (C=O) groups excluding carboxylic acids is 2. The molecule has 2 aromatic carbocycles. The summed E-state index contributed by atoms with van der Waals surface area (Å²) in [7, 11) is 0. The lowest BCUT2D eigenvalue weighted by atomic mass is 10.1. The van der Waals surface area contributed by atoms with Crippen molar-refractivity contribution in [2.45, 2.75) is 0 Å². The zero-order chi connectivity index (χ0) is 17.0. The number of nitrogens with two attached hydrogens (primary N) is 2. The first-order valence-electron chi connectivity index (χ1n) is 6.30. The van der Waals surface area contributed by atoms with Crippen LogP contribution in [0.3, 0.4) is 0 Å². The molecule has 0 aliphatic carbocycles. The number of rotatable bonds is 3. The van der Waals surface area contributed by atoms with Crippen LogP contribution in [0.25, 0.3) is 0 Å². The van der Waals surface area contributed by atoms with Gasteiger partial charge in [0.25, 0.3) is 5.69 Å². The van der Waals surface area contributed by atoms with E-state index in [4.69, 9.17) is 16.4 Å². The van der Waals surface area contributed by atoms with Gasteiger partial charge in [-0.25, -0.2) is 10.6 Å². The van der Waals surface area contributed by atoms with Crippen LogP contribution in [0.4, 0.5) is 11.4 Å². The van der Waals surface area contributed by atoms with Gasteiger partial charge in [-0.3, -0.25) is 14.9 Å². The molecule has 0 saturated heterocycles. The van der Waals surface area contributed by atoms with E-state index in [1.54, 1.807) is 18.2 Å². The lowest BCUT2D eigenvalue weighted by molar-refractivity contribution is -0.384. The Labute approximate surface area is 130 Å². The quantitative estimate of drug-likeness (QED) is 0.285. The molecule has 0 spiro atoms. The smallest absolute Gasteiger partial charge is 0.367 e. The van der Waals surface area contributed by atoms with Crippen molar-refractivity contribution in [2.75, 3.05) is 5.73 Å². The van der Waals surface area contributed by atoms with Gasteiger partial charge in [0, 0.05) is 17.7 Å². The molecule has 0 atom stereocenters. The van der Waals surface area contributed by atoms with Gasteiger partial charge in [0.2, 0.25) is 0 Å². The van der Waals surface area contributed by atoms with E-state index in [9.17, 15) is 19.7 Å². The van der Waals surface area contributed by atoms with Crippen molar-refractivity contribution in [3.05, 3.63) is 69.8 Å². The van der Waals surface area contributed by atoms with Crippen LogP contribution in [0.5, 0.6) is 0 Å². The largest absolute Gasteiger partial charge is 0.398 e. The maximum absolute atomic E-state index is 11.9. The topological polar surface area (TPSA) is 142 Å². The summed E-state index contributed by atoms with van der Waals surface area (Å²) in [6.07, 6.45) is 0. The fraction of sp³-hybridized carbons (Fsp3) is 0. The molecule has 2 aromatic rings. The first-order valence-corrected chi connectivity index (χ1v) is 6.30. The van der Waals surface area contributed by atoms with Gasteiger partial charge in [-0.15, -0.1) is 0 Å². The highest BCUT2D eigenvalue weighted by Gasteiger charge is 2.21. The predicted molar refractivity (Wildman–Crippen MR) is 79.7 cm³/mol. The number of benzene rings is 2. The predicted octanol–water partition coefficient (Wildman–Crippen LogP) is 1.26. The van der Waals surface area contributed by atoms with E-state index in [1.807, 2.05) is 0 Å². The molecule has 9 heteroatoms. The Morgan fingerprint density at radius 3 is 2.35 bits per heavy atom. The summed E-state index contributed by atoms with van der Waals surface area (Å²) in [6.45, 7) is 0. The molecule has 0 bridgehead atoms. The van der Waals surface area contributed by atoms with E-state index in [0.29, 0.717) is 0 Å². The number of nitrogens with zero attached hydrogens (tertiary/aromatic N) is 2. The first kappa shape index (κ1) is 15.9. The number of carbonyl (C=O) groups is 2. The van der Waals surface area contributed by atoms with Gasteiger partial charge in [-0.1, -0.05) is 23.4 Å². The van der Waals surface area contributed by atoms with Crippen LogP contribution in [0.2, 0.25) is 0 Å². The number of hydrazine groups is 1. The Bertz CT molecular complexity index is 763. The third-order valence-corrected chi connectivity index (χ3v) is 2.87. The third kappa shape index (κ3) is 3.60. The minimum atomic E-state index is -1.01. The standard InChI is InChI=1S/C14H12N4O5/c15-12-8-10(18(21)22)6-7-11(12)14(20)23-17(16)13(19)9-4-2-1-3-5-9/h1-8H,15-16H2. The molecular weight excluding hydrogens is 304 g/mol. The van der Waals surface area contributed by atoms with Gasteiger partial charge in [0.15, 0.2) is 0 Å². The Morgan fingerprint density at radius 2 is 1.78 bits per heavy atom. The van der Waals surface area contributed by atoms with Crippen LogP contribution in [0, 0.1) is 10.1 Å². The van der Waals surface area contributed by atoms with Gasteiger partial charge in [-0.05, 0) is 18.2 Å². The van der Waals surface area contributed by atoms with Crippen LogP contribution < -0.4 is 11.6 Å². The SMILES string of the molecule is Nc1cc([N+](=O)[O-])ccc1C(=O)ON(N)C(=O)c1ccccc1. The average molecular weight is 316 g/mol. The normalized spacial score (nSPS) is 9.96. The first-order chi connectivity index (χ1) is 10.9. The van der Waals surface area contributed by atoms with E-state index in [0.717, 1.165) is 18.2 Å². The monoisotopic (exact) mass is 316 g/mol. The molecular formula is C14H12N4O5. The number of nitro benzene ring substituents is 1. The molecule has 0 aliphatic rings. The Hall–Kier alpha value is -3.46. The molecule has 4 N–H and O–H groups in total. The second-order valence-corrected chi connectivity index (χ2v) is 4.40. The summed E-state index contributed by atoms with van der Waals surface area (Å²) in [5, 5.41) is 10.9. The molecule has 0 saturated carbocycles. The fourth-order valence-electron chi connectivity index (χ4n) is 1.74. The van der Waals surface area contributed by atoms with Gasteiger partial charge in [-0.2, -0.15) is 0 Å². The van der Waals surface area contributed by atoms with E-state index >= 15 is 0 Å². The van der Waals surface area contributed by atoms with Crippen molar-refractivity contribution in [3.63, 3.8) is 0 Å². The molecule has 1 amide bonds. The van der Waals surface area contributed by atoms with Crippen molar-refractivity contribution in [2.24, 2.45) is 5.84 Å². The minimum absolute atomic E-state index is 0.146. The molecule has 9 nitrogen and oxygen atoms in total. The highest BCUT2D eigenvalue weighted by atomic mass is 16.7. The molecule has 0 aromatic heterocycles. The second-order valence-electron chi connectivity index (χ2n) is 4.40. The summed E-state index contributed by atoms with van der Waals surface area (Å²) in [6, 6.07) is 11.2. The van der Waals surface area contributed by atoms with E-state index < -0.39 is 16.8 Å². The van der Waals surface area contributed by atoms with Gasteiger partial charge in [0.05, 0.1) is 16.2 Å². The van der Waals surface area contributed by atoms with Crippen LogP contribution in [0.1, 0.15) is 20.7 Å². The third-order valence-electron chi connectivity index (χ3n) is 2.87. The highest BCUT2D eigenvalue weighted by molar-refractivity contribution is 5.98. The number of nitrogen functional groups attached to an aromatic ring is 1. The maximum atomic E-state index is 11.9. The van der Waals surface area contributed by atoms with Gasteiger partial charge < -0.3 is 10.6 Å². The molecule has 118 valence electrons. The lowest BCUT2D eigenvalue weighted by Crippen LogP contribution is -2.39. The average Bonchev–Trinajstić information content (AvgIpc) is 2.54. The molecule has 2 rings (SSSR count). The summed E-state index contributed by atoms with van der Waals surface area (Å²) in [4.78, 5) is 38.6. The number of hydrogen-bond donors (Lipinski definition) is 2. The van der Waals surface area contributed by atoms with E-state index in [-0.39, 0.29) is 27.7 Å². The van der Waals surface area contributed by atoms with E-state index in [2.05, 4.69) is 0 Å². The van der Waals surface area contributed by atoms with Crippen LogP contribution in [-0.2, 0) is 4.84 Å². The van der Waals surface area contributed by atoms with E-state index in [1.165, 1.54) is 12.1 Å². The van der Waals surface area contributed by atoms with Gasteiger partial charge in [0.1, 0.15) is 0 Å². The zero-order valence-corrected chi connectivity index (χ0v) is 11.7. The minimum Gasteiger partial charge on any atom is -0.398 e. The van der Waals surface area contributed by atoms with Crippen molar-refractivity contribution in [1.29, 1.82) is 0 Å². The number of hydrogen-bond acceptors (Lipinski definition) is 7. The van der Waals surface area contributed by atoms with Crippen molar-refractivity contribution in [3.8, 4) is 0 Å². The number of hydroxylamine groups is 1. The summed E-state index contributed by atoms with van der Waals surface area (Å²) < 4.78 is 0. The number of amides is 1. The molecule has 0 heterocycles. The zero-order valence-electron chi connectivity index (χ0n) is 11.7. The lowest BCUT2D eigenvalue weighted by Gasteiger charge is -2.15. The maximum Gasteiger partial charge on any atom is 0.367 e. The van der Waals surface area contributed by atoms with Crippen molar-refractivity contribution < 1.29 is 19.3 Å². The number of anilines is 1. The summed E-state index contributed by atoms with van der Waals surface area (Å²) in [5.74, 6) is 3.66. The second kappa shape index (κ2) is 6.54. The molecule has 0 unspecified atom stereocenters. The number of non-ortho nitro benzene ring substituents is 1. The van der Waals surface area contributed by atoms with Crippen molar-refractivity contribution in [1.82, 2.24) is 5.17 Å². The Kier molecular flexibility index (Phi) is 4.52. The highest BCUT2D eigenvalue weighted by Crippen LogP contribution is 2.20. The molecule has 23 heavy (non-hydrogen) atoms. The van der Waals surface area contributed by atoms with Crippen molar-refractivity contribution >= 4 is 23.3 Å². The Morgan fingerprint density at radius 1 is 1.13 bits per heavy atom. The number of nitro groups is 1. The summed E-state index contributed by atoms with van der Waals surface area (Å²) >= 11 is 0. The molecule has 0 aliphatic heterocycles. The summed E-state index contributed by atoms with van der Waals surface area (Å²) in [5.41, 5.74) is 5.21. The molecule has 0 radical (unpaired) electrons. The fourth-order valence-corrected chi connectivity index (χ4v) is 1.74. The van der Waals surface area contributed by atoms with Crippen LogP contribution in [0.15, 0.2) is 48.5 Å². The van der Waals surface area contributed by atoms with Gasteiger partial charge >= 0.3 is 11.9 Å². The molecule has 0 fully saturated rings. The van der Waals surface area contributed by atoms with Crippen LogP contribution in [-0.4, -0.2) is 22.0 Å².